The summed E-state index contributed by atoms with van der Waals surface area (Å²) in [6, 6.07) is 4.17. The summed E-state index contributed by atoms with van der Waals surface area (Å²) in [5, 5.41) is 9.68. The lowest BCUT2D eigenvalue weighted by Crippen LogP contribution is -2.67. The average Bonchev–Trinajstić information content (AvgIpc) is 2.49. The van der Waals surface area contributed by atoms with Crippen LogP contribution in [0.4, 0.5) is 0 Å². The van der Waals surface area contributed by atoms with Crippen LogP contribution in [0.2, 0.25) is 0 Å². The lowest BCUT2D eigenvalue weighted by Gasteiger charge is -2.60. The topological polar surface area (TPSA) is 30.3 Å². The van der Waals surface area contributed by atoms with Crippen LogP contribution in [0.1, 0.15) is 51.9 Å². The lowest BCUT2D eigenvalue weighted by atomic mass is 9.68. The summed E-state index contributed by atoms with van der Waals surface area (Å²) >= 11 is 0. The zero-order chi connectivity index (χ0) is 13.7. The van der Waals surface area contributed by atoms with Crippen LogP contribution in [0.3, 0.4) is 0 Å². The Morgan fingerprint density at radius 3 is 2.70 bits per heavy atom. The Kier molecular flexibility index (Phi) is 3.09. The van der Waals surface area contributed by atoms with Crippen molar-refractivity contribution in [3.05, 3.63) is 0 Å². The van der Waals surface area contributed by atoms with E-state index >= 15 is 0 Å². The highest BCUT2D eigenvalue weighted by Crippen LogP contribution is 2.46. The average molecular weight is 273 g/mol. The van der Waals surface area contributed by atoms with E-state index < -0.39 is 0 Å². The maximum atomic E-state index is 9.68. The highest BCUT2D eigenvalue weighted by atomic mass is 15.3. The first-order valence-corrected chi connectivity index (χ1v) is 8.63. The van der Waals surface area contributed by atoms with Crippen LogP contribution >= 0.6 is 0 Å². The van der Waals surface area contributed by atoms with Gasteiger partial charge in [0.15, 0.2) is 0 Å². The molecule has 4 aliphatic heterocycles. The number of nitriles is 1. The maximum absolute atomic E-state index is 9.68. The zero-order valence-corrected chi connectivity index (χ0v) is 12.7. The molecule has 4 aliphatic rings. The molecule has 4 heterocycles. The molecule has 0 amide bonds. The molecule has 4 fully saturated rings. The fraction of sp³-hybridized carbons (Fsp3) is 0.941. The summed E-state index contributed by atoms with van der Waals surface area (Å²) in [6.07, 6.45) is 9.31. The predicted octanol–water partition coefficient (Wildman–Crippen LogP) is 2.63. The van der Waals surface area contributed by atoms with Gasteiger partial charge in [0, 0.05) is 25.2 Å². The van der Waals surface area contributed by atoms with E-state index in [0.29, 0.717) is 6.04 Å². The first kappa shape index (κ1) is 13.1. The number of hydrogen-bond donors (Lipinski definition) is 0. The van der Waals surface area contributed by atoms with Crippen molar-refractivity contribution in [2.45, 2.75) is 69.5 Å². The number of hydrogen-bond acceptors (Lipinski definition) is 3. The van der Waals surface area contributed by atoms with Crippen LogP contribution in [0.25, 0.3) is 0 Å². The highest BCUT2D eigenvalue weighted by Gasteiger charge is 2.51. The minimum atomic E-state index is -0.184. The molecule has 0 spiro atoms. The Morgan fingerprint density at radius 2 is 1.85 bits per heavy atom. The molecule has 3 nitrogen and oxygen atoms in total. The van der Waals surface area contributed by atoms with Crippen molar-refractivity contribution in [1.82, 2.24) is 9.80 Å². The summed E-state index contributed by atoms with van der Waals surface area (Å²) in [7, 11) is 0. The molecule has 2 bridgehead atoms. The highest BCUT2D eigenvalue weighted by molar-refractivity contribution is 5.13. The summed E-state index contributed by atoms with van der Waals surface area (Å²) in [5.74, 6) is 1.66. The molecular weight excluding hydrogens is 246 g/mol. The van der Waals surface area contributed by atoms with E-state index in [0.717, 1.165) is 24.3 Å². The number of nitrogens with zero attached hydrogens (tertiary/aromatic N) is 3. The smallest absolute Gasteiger partial charge is 0.106 e. The summed E-state index contributed by atoms with van der Waals surface area (Å²) < 4.78 is 0. The van der Waals surface area contributed by atoms with E-state index in [1.54, 1.807) is 0 Å². The molecule has 4 saturated heterocycles. The first-order valence-electron chi connectivity index (χ1n) is 8.63. The van der Waals surface area contributed by atoms with E-state index in [4.69, 9.17) is 0 Å². The number of piperidine rings is 4. The molecule has 0 radical (unpaired) electrons. The van der Waals surface area contributed by atoms with Crippen molar-refractivity contribution in [3.63, 3.8) is 0 Å². The van der Waals surface area contributed by atoms with Gasteiger partial charge in [-0.25, -0.2) is 0 Å². The largest absolute Gasteiger partial charge is 0.300 e. The van der Waals surface area contributed by atoms with Gasteiger partial charge in [-0.05, 0) is 63.8 Å². The maximum Gasteiger partial charge on any atom is 0.106 e. The van der Waals surface area contributed by atoms with Gasteiger partial charge in [0.05, 0.1) is 6.07 Å². The summed E-state index contributed by atoms with van der Waals surface area (Å²) in [6.45, 7) is 6.02. The first-order chi connectivity index (χ1) is 9.71. The number of fused-ring (bicyclic) bond motifs is 6. The minimum Gasteiger partial charge on any atom is -0.300 e. The molecule has 0 saturated carbocycles. The third kappa shape index (κ3) is 1.84. The molecule has 0 aromatic heterocycles. The summed E-state index contributed by atoms with van der Waals surface area (Å²) in [5.41, 5.74) is -0.184. The Balaban J connectivity index is 1.62. The Hall–Kier alpha value is -0.590. The van der Waals surface area contributed by atoms with E-state index in [9.17, 15) is 5.26 Å². The van der Waals surface area contributed by atoms with Crippen LogP contribution in [0.5, 0.6) is 0 Å². The van der Waals surface area contributed by atoms with Gasteiger partial charge < -0.3 is 0 Å². The molecule has 0 N–H and O–H groups in total. The van der Waals surface area contributed by atoms with E-state index in [1.807, 2.05) is 0 Å². The van der Waals surface area contributed by atoms with E-state index in [2.05, 4.69) is 22.8 Å². The molecule has 0 aliphatic carbocycles. The van der Waals surface area contributed by atoms with Crippen LogP contribution in [-0.2, 0) is 0 Å². The second-order valence-corrected chi connectivity index (χ2v) is 7.81. The van der Waals surface area contributed by atoms with Gasteiger partial charge in [0.25, 0.3) is 0 Å². The van der Waals surface area contributed by atoms with E-state index in [1.165, 1.54) is 58.2 Å². The fourth-order valence-electron chi connectivity index (χ4n) is 5.69. The molecule has 110 valence electrons. The van der Waals surface area contributed by atoms with Crippen molar-refractivity contribution in [2.24, 2.45) is 11.8 Å². The van der Waals surface area contributed by atoms with E-state index in [-0.39, 0.29) is 5.54 Å². The normalized spacial score (nSPS) is 49.0. The monoisotopic (exact) mass is 273 g/mol. The Labute approximate surface area is 122 Å². The lowest BCUT2D eigenvalue weighted by molar-refractivity contribution is -0.102. The van der Waals surface area contributed by atoms with Crippen molar-refractivity contribution in [2.75, 3.05) is 19.6 Å². The predicted molar refractivity (Wildman–Crippen MR) is 79.2 cm³/mol. The van der Waals surface area contributed by atoms with Crippen LogP contribution < -0.4 is 0 Å². The van der Waals surface area contributed by atoms with Gasteiger partial charge >= 0.3 is 0 Å². The molecule has 0 aromatic rings. The third-order valence-corrected chi connectivity index (χ3v) is 6.70. The molecular formula is C17H27N3. The van der Waals surface area contributed by atoms with Crippen molar-refractivity contribution in [1.29, 1.82) is 5.26 Å². The van der Waals surface area contributed by atoms with Crippen LogP contribution in [-0.4, -0.2) is 47.1 Å². The molecule has 0 unspecified atom stereocenters. The van der Waals surface area contributed by atoms with Gasteiger partial charge in [-0.2, -0.15) is 5.26 Å². The third-order valence-electron chi connectivity index (χ3n) is 6.70. The molecule has 3 heteroatoms. The Morgan fingerprint density at radius 1 is 1.05 bits per heavy atom. The second-order valence-electron chi connectivity index (χ2n) is 7.81. The summed E-state index contributed by atoms with van der Waals surface area (Å²) in [4.78, 5) is 5.43. The van der Waals surface area contributed by atoms with Crippen molar-refractivity contribution in [3.8, 4) is 6.07 Å². The number of rotatable bonds is 0. The fourth-order valence-corrected chi connectivity index (χ4v) is 5.69. The van der Waals surface area contributed by atoms with Gasteiger partial charge in [-0.3, -0.25) is 9.80 Å². The van der Waals surface area contributed by atoms with Crippen molar-refractivity contribution >= 4 is 0 Å². The van der Waals surface area contributed by atoms with Crippen molar-refractivity contribution < 1.29 is 0 Å². The quantitative estimate of drug-likeness (QED) is 0.679. The second kappa shape index (κ2) is 4.71. The van der Waals surface area contributed by atoms with Gasteiger partial charge in [0.2, 0.25) is 0 Å². The van der Waals surface area contributed by atoms with Crippen LogP contribution in [0.15, 0.2) is 0 Å². The Bertz CT molecular complexity index is 428. The van der Waals surface area contributed by atoms with Gasteiger partial charge in [-0.1, -0.05) is 6.42 Å². The van der Waals surface area contributed by atoms with Gasteiger partial charge in [0.1, 0.15) is 5.54 Å². The minimum absolute atomic E-state index is 0.184. The molecule has 5 atom stereocenters. The van der Waals surface area contributed by atoms with Gasteiger partial charge in [-0.15, -0.1) is 0 Å². The SMILES string of the molecule is C[C@]1(C#N)CCC[C@@H]2[C@H]3C[C@@H](CN21)[C@@H]1CCCCN1C3. The molecule has 4 rings (SSSR count). The molecule has 20 heavy (non-hydrogen) atoms. The molecule has 0 aromatic carbocycles. The van der Waals surface area contributed by atoms with Crippen LogP contribution in [0, 0.1) is 23.2 Å². The zero-order valence-electron chi connectivity index (χ0n) is 12.7. The standard InChI is InChI=1S/C17H27N3/c1-17(12-18)7-4-6-16-13-9-14(11-20(16)17)15-5-2-3-8-19(15)10-13/h13-16H,2-11H2,1H3/t13-,14-,15-,16+,17+/m0/s1.